The number of nitrogens with one attached hydrogen (secondary N) is 1. The van der Waals surface area contributed by atoms with Crippen LogP contribution in [0.15, 0.2) is 6.07 Å². The van der Waals surface area contributed by atoms with Crippen LogP contribution in [0.3, 0.4) is 0 Å². The van der Waals surface area contributed by atoms with Gasteiger partial charge in [0.2, 0.25) is 11.9 Å². The van der Waals surface area contributed by atoms with E-state index in [2.05, 4.69) is 15.3 Å². The van der Waals surface area contributed by atoms with Crippen molar-refractivity contribution in [2.45, 2.75) is 12.5 Å². The number of halogens is 1. The second-order valence-corrected chi connectivity index (χ2v) is 4.01. The number of carbonyl (C=O) groups is 2. The number of nitrogen functional groups attached to an aromatic ring is 1. The van der Waals surface area contributed by atoms with Gasteiger partial charge in [-0.25, -0.2) is 4.98 Å². The molecule has 1 fully saturated rings. The number of nitrogens with two attached hydrogens (primary N) is 1. The first-order valence-corrected chi connectivity index (χ1v) is 5.22. The number of nitrogens with zero attached hydrogens (tertiary/aromatic N) is 3. The Morgan fingerprint density at radius 1 is 1.53 bits per heavy atom. The highest BCUT2D eigenvalue weighted by atomic mass is 35.5. The molecular weight excluding hydrogens is 246 g/mol. The summed E-state index contributed by atoms with van der Waals surface area (Å²) in [5.41, 5.74) is 5.41. The second-order valence-electron chi connectivity index (χ2n) is 3.63. The molecule has 2 heterocycles. The number of likely N-dealkylation sites (tertiary alicyclic amines) is 1. The van der Waals surface area contributed by atoms with E-state index in [0.29, 0.717) is 5.82 Å². The highest BCUT2D eigenvalue weighted by Crippen LogP contribution is 2.18. The third kappa shape index (κ3) is 2.28. The normalized spacial score (nSPS) is 19.9. The Labute approximate surface area is 102 Å². The molecule has 90 valence electrons. The fraction of sp³-hybridized carbons (Fsp3) is 0.333. The van der Waals surface area contributed by atoms with Crippen molar-refractivity contribution in [3.8, 4) is 0 Å². The van der Waals surface area contributed by atoms with Crippen molar-refractivity contribution < 1.29 is 9.59 Å². The van der Waals surface area contributed by atoms with Gasteiger partial charge in [0.15, 0.2) is 0 Å². The van der Waals surface area contributed by atoms with Gasteiger partial charge in [0, 0.05) is 13.1 Å². The highest BCUT2D eigenvalue weighted by molar-refractivity contribution is 6.29. The zero-order valence-corrected chi connectivity index (χ0v) is 9.73. The van der Waals surface area contributed by atoms with Crippen molar-refractivity contribution in [1.29, 1.82) is 0 Å². The smallest absolute Gasteiger partial charge is 0.251 e. The third-order valence-electron chi connectivity index (χ3n) is 2.42. The van der Waals surface area contributed by atoms with E-state index in [9.17, 15) is 9.59 Å². The molecule has 0 bridgehead atoms. The highest BCUT2D eigenvalue weighted by Gasteiger charge is 2.36. The summed E-state index contributed by atoms with van der Waals surface area (Å²) in [5, 5.41) is 2.98. The SMILES string of the molecule is CN1C(=O)C[C@@H](Nc2cc(Cl)nc(N)n2)C1=O. The van der Waals surface area contributed by atoms with Crippen LogP contribution in [0.2, 0.25) is 5.15 Å². The second kappa shape index (κ2) is 4.17. The lowest BCUT2D eigenvalue weighted by Crippen LogP contribution is -2.32. The molecule has 1 aromatic heterocycles. The molecule has 1 saturated heterocycles. The van der Waals surface area contributed by atoms with Gasteiger partial charge in [-0.05, 0) is 0 Å². The van der Waals surface area contributed by atoms with Gasteiger partial charge in [0.05, 0.1) is 6.42 Å². The minimum Gasteiger partial charge on any atom is -0.368 e. The Morgan fingerprint density at radius 3 is 2.76 bits per heavy atom. The van der Waals surface area contributed by atoms with E-state index in [1.165, 1.54) is 13.1 Å². The van der Waals surface area contributed by atoms with Crippen LogP contribution >= 0.6 is 11.6 Å². The fourth-order valence-electron chi connectivity index (χ4n) is 1.56. The molecule has 2 amide bonds. The average molecular weight is 256 g/mol. The molecule has 0 spiro atoms. The number of aromatic nitrogens is 2. The van der Waals surface area contributed by atoms with E-state index >= 15 is 0 Å². The summed E-state index contributed by atoms with van der Waals surface area (Å²) < 4.78 is 0. The fourth-order valence-corrected chi connectivity index (χ4v) is 1.75. The Bertz CT molecular complexity index is 472. The van der Waals surface area contributed by atoms with Crippen LogP contribution in [0.5, 0.6) is 0 Å². The van der Waals surface area contributed by atoms with Crippen molar-refractivity contribution in [2.24, 2.45) is 0 Å². The van der Waals surface area contributed by atoms with Crippen molar-refractivity contribution in [2.75, 3.05) is 18.1 Å². The molecule has 0 aromatic carbocycles. The van der Waals surface area contributed by atoms with Crippen LogP contribution < -0.4 is 11.1 Å². The topological polar surface area (TPSA) is 101 Å². The van der Waals surface area contributed by atoms with Gasteiger partial charge in [0.1, 0.15) is 17.0 Å². The molecule has 1 aliphatic rings. The van der Waals surface area contributed by atoms with E-state index in [-0.39, 0.29) is 29.3 Å². The van der Waals surface area contributed by atoms with Gasteiger partial charge in [-0.2, -0.15) is 4.98 Å². The molecule has 1 aliphatic heterocycles. The Balaban J connectivity index is 2.16. The first-order valence-electron chi connectivity index (χ1n) is 4.84. The molecule has 8 heteroatoms. The molecule has 1 atom stereocenters. The number of hydrogen-bond donors (Lipinski definition) is 2. The van der Waals surface area contributed by atoms with Crippen LogP contribution in [0.4, 0.5) is 11.8 Å². The number of anilines is 2. The van der Waals surface area contributed by atoms with Gasteiger partial charge in [0.25, 0.3) is 5.91 Å². The van der Waals surface area contributed by atoms with Crippen LogP contribution in [0.25, 0.3) is 0 Å². The molecule has 0 radical (unpaired) electrons. The zero-order valence-electron chi connectivity index (χ0n) is 8.98. The van der Waals surface area contributed by atoms with Gasteiger partial charge in [-0.1, -0.05) is 11.6 Å². The monoisotopic (exact) mass is 255 g/mol. The molecule has 17 heavy (non-hydrogen) atoms. The predicted octanol–water partition coefficient (Wildman–Crippen LogP) is -0.119. The van der Waals surface area contributed by atoms with E-state index in [1.54, 1.807) is 0 Å². The lowest BCUT2D eigenvalue weighted by molar-refractivity contribution is -0.136. The molecule has 0 aliphatic carbocycles. The summed E-state index contributed by atoms with van der Waals surface area (Å²) in [6.07, 6.45) is 0.0941. The van der Waals surface area contributed by atoms with Crippen molar-refractivity contribution in [3.63, 3.8) is 0 Å². The maximum absolute atomic E-state index is 11.6. The van der Waals surface area contributed by atoms with Crippen LogP contribution in [-0.2, 0) is 9.59 Å². The molecular formula is C9H10ClN5O2. The number of amides is 2. The third-order valence-corrected chi connectivity index (χ3v) is 2.61. The first kappa shape index (κ1) is 11.6. The molecule has 2 rings (SSSR count). The van der Waals surface area contributed by atoms with Gasteiger partial charge < -0.3 is 11.1 Å². The largest absolute Gasteiger partial charge is 0.368 e. The van der Waals surface area contributed by atoms with Crippen molar-refractivity contribution in [3.05, 3.63) is 11.2 Å². The predicted molar refractivity (Wildman–Crippen MR) is 61.3 cm³/mol. The number of hydrogen-bond acceptors (Lipinski definition) is 6. The molecule has 0 unspecified atom stereocenters. The number of carbonyl (C=O) groups excluding carboxylic acids is 2. The molecule has 3 N–H and O–H groups in total. The summed E-state index contributed by atoms with van der Waals surface area (Å²) in [6, 6.07) is 0.812. The number of imide groups is 1. The van der Waals surface area contributed by atoms with E-state index in [0.717, 1.165) is 4.90 Å². The lowest BCUT2D eigenvalue weighted by atomic mass is 10.2. The summed E-state index contributed by atoms with van der Waals surface area (Å²) in [4.78, 5) is 31.6. The Morgan fingerprint density at radius 2 is 2.24 bits per heavy atom. The maximum atomic E-state index is 11.6. The standard InChI is InChI=1S/C9H10ClN5O2/c1-15-7(16)2-4(8(15)17)12-6-3-5(10)13-9(11)14-6/h3-4H,2H2,1H3,(H3,11,12,13,14)/t4-/m1/s1. The Hall–Kier alpha value is -1.89. The quantitative estimate of drug-likeness (QED) is 0.564. The van der Waals surface area contributed by atoms with E-state index in [1.807, 2.05) is 0 Å². The van der Waals surface area contributed by atoms with E-state index < -0.39 is 6.04 Å². The number of rotatable bonds is 2. The summed E-state index contributed by atoms with van der Waals surface area (Å²) in [5.74, 6) is -0.210. The van der Waals surface area contributed by atoms with Crippen molar-refractivity contribution >= 4 is 35.2 Å². The minimum absolute atomic E-state index is 0.00475. The zero-order chi connectivity index (χ0) is 12.6. The molecule has 1 aromatic rings. The first-order chi connectivity index (χ1) is 7.97. The van der Waals surface area contributed by atoms with Crippen LogP contribution in [-0.4, -0.2) is 39.8 Å². The Kier molecular flexibility index (Phi) is 2.84. The summed E-state index contributed by atoms with van der Waals surface area (Å²) >= 11 is 5.70. The van der Waals surface area contributed by atoms with Crippen LogP contribution in [0, 0.1) is 0 Å². The molecule has 0 saturated carbocycles. The average Bonchev–Trinajstić information content (AvgIpc) is 2.45. The maximum Gasteiger partial charge on any atom is 0.251 e. The van der Waals surface area contributed by atoms with Gasteiger partial charge in [-0.3, -0.25) is 14.5 Å². The van der Waals surface area contributed by atoms with E-state index in [4.69, 9.17) is 17.3 Å². The number of likely N-dealkylation sites (N-methyl/N-ethyl adjacent to an activating group) is 1. The molecule has 7 nitrogen and oxygen atoms in total. The van der Waals surface area contributed by atoms with Crippen LogP contribution in [0.1, 0.15) is 6.42 Å². The van der Waals surface area contributed by atoms with Gasteiger partial charge in [-0.15, -0.1) is 0 Å². The minimum atomic E-state index is -0.627. The summed E-state index contributed by atoms with van der Waals surface area (Å²) in [7, 11) is 1.44. The van der Waals surface area contributed by atoms with Crippen molar-refractivity contribution in [1.82, 2.24) is 14.9 Å². The summed E-state index contributed by atoms with van der Waals surface area (Å²) in [6.45, 7) is 0. The van der Waals surface area contributed by atoms with Gasteiger partial charge >= 0.3 is 0 Å². The lowest BCUT2D eigenvalue weighted by Gasteiger charge is -2.11.